The van der Waals surface area contributed by atoms with E-state index in [0.717, 1.165) is 19.6 Å². The van der Waals surface area contributed by atoms with Crippen molar-refractivity contribution in [3.63, 3.8) is 0 Å². The summed E-state index contributed by atoms with van der Waals surface area (Å²) < 4.78 is 0. The number of amides is 1. The van der Waals surface area contributed by atoms with Gasteiger partial charge in [-0.2, -0.15) is 0 Å². The maximum Gasteiger partial charge on any atom is 0.265 e. The lowest BCUT2D eigenvalue weighted by Crippen LogP contribution is -2.57. The van der Waals surface area contributed by atoms with Gasteiger partial charge in [0.15, 0.2) is 0 Å². The molecule has 1 atom stereocenters. The van der Waals surface area contributed by atoms with Gasteiger partial charge < -0.3 is 5.32 Å². The number of hydrogen-bond donors (Lipinski definition) is 2. The fourth-order valence-electron chi connectivity index (χ4n) is 1.79. The van der Waals surface area contributed by atoms with Crippen molar-refractivity contribution in [2.45, 2.75) is 13.0 Å². The normalized spacial score (nSPS) is 21.7. The molecule has 0 aliphatic carbocycles. The number of carbonyl (C=O) groups is 1. The van der Waals surface area contributed by atoms with E-state index < -0.39 is 0 Å². The van der Waals surface area contributed by atoms with Crippen LogP contribution in [0.3, 0.4) is 0 Å². The van der Waals surface area contributed by atoms with E-state index in [-0.39, 0.29) is 5.91 Å². The van der Waals surface area contributed by atoms with Crippen molar-refractivity contribution in [1.29, 1.82) is 0 Å². The summed E-state index contributed by atoms with van der Waals surface area (Å²) >= 11 is 0. The molecule has 1 saturated heterocycles. The Hall–Kier alpha value is -1.39. The first kappa shape index (κ1) is 11.1. The standard InChI is InChI=1S/C12H17N3O/c1-10-9-13-7-8-15(10)14-12(16)11-5-3-2-4-6-11/h2-6,10,13H,7-9H2,1H3,(H,14,16). The second-order valence-corrected chi connectivity index (χ2v) is 4.05. The number of hydrogen-bond acceptors (Lipinski definition) is 3. The van der Waals surface area contributed by atoms with Crippen LogP contribution in [-0.4, -0.2) is 36.6 Å². The SMILES string of the molecule is CC1CNCCN1NC(=O)c1ccccc1. The van der Waals surface area contributed by atoms with Crippen LogP contribution in [0.2, 0.25) is 0 Å². The summed E-state index contributed by atoms with van der Waals surface area (Å²) in [5, 5.41) is 5.28. The Morgan fingerprint density at radius 2 is 2.19 bits per heavy atom. The van der Waals surface area contributed by atoms with Gasteiger partial charge in [0, 0.05) is 31.2 Å². The van der Waals surface area contributed by atoms with E-state index in [4.69, 9.17) is 0 Å². The molecule has 1 fully saturated rings. The Morgan fingerprint density at radius 3 is 2.88 bits per heavy atom. The van der Waals surface area contributed by atoms with E-state index in [0.29, 0.717) is 11.6 Å². The first-order valence-corrected chi connectivity index (χ1v) is 5.61. The minimum Gasteiger partial charge on any atom is -0.314 e. The average Bonchev–Trinajstić information content (AvgIpc) is 2.33. The van der Waals surface area contributed by atoms with Crippen LogP contribution >= 0.6 is 0 Å². The van der Waals surface area contributed by atoms with Gasteiger partial charge in [-0.05, 0) is 19.1 Å². The summed E-state index contributed by atoms with van der Waals surface area (Å²) in [6.45, 7) is 4.77. The highest BCUT2D eigenvalue weighted by atomic mass is 16.2. The highest BCUT2D eigenvalue weighted by molar-refractivity contribution is 5.93. The zero-order valence-corrected chi connectivity index (χ0v) is 9.44. The minimum absolute atomic E-state index is 0.0330. The molecule has 0 saturated carbocycles. The van der Waals surface area contributed by atoms with E-state index in [1.54, 1.807) is 0 Å². The molecule has 2 rings (SSSR count). The third-order valence-corrected chi connectivity index (χ3v) is 2.78. The first-order chi connectivity index (χ1) is 7.77. The van der Waals surface area contributed by atoms with E-state index in [2.05, 4.69) is 17.7 Å². The Bertz CT molecular complexity index is 353. The Kier molecular flexibility index (Phi) is 3.54. The minimum atomic E-state index is -0.0330. The molecule has 0 aromatic heterocycles. The maximum absolute atomic E-state index is 11.9. The lowest BCUT2D eigenvalue weighted by molar-refractivity contribution is 0.0647. The number of carbonyl (C=O) groups excluding carboxylic acids is 1. The molecule has 2 N–H and O–H groups in total. The van der Waals surface area contributed by atoms with Crippen molar-refractivity contribution in [2.75, 3.05) is 19.6 Å². The van der Waals surface area contributed by atoms with Gasteiger partial charge in [-0.15, -0.1) is 0 Å². The third-order valence-electron chi connectivity index (χ3n) is 2.78. The van der Waals surface area contributed by atoms with E-state index in [1.807, 2.05) is 35.3 Å². The second kappa shape index (κ2) is 5.09. The zero-order valence-electron chi connectivity index (χ0n) is 9.44. The van der Waals surface area contributed by atoms with Crippen LogP contribution in [0.5, 0.6) is 0 Å². The molecule has 4 nitrogen and oxygen atoms in total. The zero-order chi connectivity index (χ0) is 11.4. The molecule has 4 heteroatoms. The van der Waals surface area contributed by atoms with Crippen LogP contribution in [0, 0.1) is 0 Å². The van der Waals surface area contributed by atoms with Crippen molar-refractivity contribution in [3.8, 4) is 0 Å². The predicted molar refractivity (Wildman–Crippen MR) is 62.9 cm³/mol. The van der Waals surface area contributed by atoms with Gasteiger partial charge in [0.1, 0.15) is 0 Å². The van der Waals surface area contributed by atoms with Gasteiger partial charge in [-0.1, -0.05) is 18.2 Å². The molecule has 1 unspecified atom stereocenters. The first-order valence-electron chi connectivity index (χ1n) is 5.61. The van der Waals surface area contributed by atoms with Crippen LogP contribution < -0.4 is 10.7 Å². The maximum atomic E-state index is 11.9. The quantitative estimate of drug-likeness (QED) is 0.766. The van der Waals surface area contributed by atoms with E-state index in [9.17, 15) is 4.79 Å². The highest BCUT2D eigenvalue weighted by Crippen LogP contribution is 2.02. The molecule has 1 aliphatic heterocycles. The number of nitrogens with zero attached hydrogens (tertiary/aromatic N) is 1. The number of piperazine rings is 1. The Balaban J connectivity index is 1.96. The lowest BCUT2D eigenvalue weighted by Gasteiger charge is -2.33. The van der Waals surface area contributed by atoms with Gasteiger partial charge in [-0.3, -0.25) is 10.2 Å². The number of rotatable bonds is 2. The van der Waals surface area contributed by atoms with Crippen LogP contribution in [0.15, 0.2) is 30.3 Å². The summed E-state index contributed by atoms with van der Waals surface area (Å²) in [6.07, 6.45) is 0. The number of hydrazine groups is 1. The molecule has 16 heavy (non-hydrogen) atoms. The molecule has 0 bridgehead atoms. The smallest absolute Gasteiger partial charge is 0.265 e. The van der Waals surface area contributed by atoms with Crippen LogP contribution in [0.4, 0.5) is 0 Å². The number of benzene rings is 1. The third kappa shape index (κ3) is 2.59. The molecule has 0 radical (unpaired) electrons. The summed E-state index contributed by atoms with van der Waals surface area (Å²) in [4.78, 5) is 11.9. The molecule has 1 amide bonds. The van der Waals surface area contributed by atoms with Gasteiger partial charge in [0.25, 0.3) is 5.91 Å². The van der Waals surface area contributed by atoms with Crippen molar-refractivity contribution in [3.05, 3.63) is 35.9 Å². The fourth-order valence-corrected chi connectivity index (χ4v) is 1.79. The Morgan fingerprint density at radius 1 is 1.44 bits per heavy atom. The van der Waals surface area contributed by atoms with E-state index in [1.165, 1.54) is 0 Å². The highest BCUT2D eigenvalue weighted by Gasteiger charge is 2.19. The molecule has 1 aliphatic rings. The molecule has 1 aromatic rings. The van der Waals surface area contributed by atoms with Gasteiger partial charge in [0.05, 0.1) is 0 Å². The lowest BCUT2D eigenvalue weighted by atomic mass is 10.2. The molecular weight excluding hydrogens is 202 g/mol. The molecular formula is C12H17N3O. The molecule has 1 aromatic carbocycles. The monoisotopic (exact) mass is 219 g/mol. The second-order valence-electron chi connectivity index (χ2n) is 4.05. The van der Waals surface area contributed by atoms with Crippen molar-refractivity contribution >= 4 is 5.91 Å². The van der Waals surface area contributed by atoms with Crippen molar-refractivity contribution in [1.82, 2.24) is 15.8 Å². The molecule has 1 heterocycles. The average molecular weight is 219 g/mol. The molecule has 86 valence electrons. The van der Waals surface area contributed by atoms with Gasteiger partial charge in [0.2, 0.25) is 0 Å². The molecule has 0 spiro atoms. The fraction of sp³-hybridized carbons (Fsp3) is 0.417. The van der Waals surface area contributed by atoms with Gasteiger partial charge in [-0.25, -0.2) is 5.01 Å². The van der Waals surface area contributed by atoms with E-state index >= 15 is 0 Å². The van der Waals surface area contributed by atoms with Crippen molar-refractivity contribution in [2.24, 2.45) is 0 Å². The topological polar surface area (TPSA) is 44.4 Å². The van der Waals surface area contributed by atoms with Gasteiger partial charge >= 0.3 is 0 Å². The summed E-state index contributed by atoms with van der Waals surface area (Å²) in [6, 6.07) is 9.63. The largest absolute Gasteiger partial charge is 0.314 e. The Labute approximate surface area is 95.6 Å². The summed E-state index contributed by atoms with van der Waals surface area (Å²) in [5.41, 5.74) is 3.64. The van der Waals surface area contributed by atoms with Crippen LogP contribution in [0.1, 0.15) is 17.3 Å². The predicted octanol–water partition coefficient (Wildman–Crippen LogP) is 0.625. The summed E-state index contributed by atoms with van der Waals surface area (Å²) in [7, 11) is 0. The van der Waals surface area contributed by atoms with Crippen molar-refractivity contribution < 1.29 is 4.79 Å². The van der Waals surface area contributed by atoms with Crippen LogP contribution in [0.25, 0.3) is 0 Å². The summed E-state index contributed by atoms with van der Waals surface area (Å²) in [5.74, 6) is -0.0330. The number of nitrogens with one attached hydrogen (secondary N) is 2. The van der Waals surface area contributed by atoms with Crippen LogP contribution in [-0.2, 0) is 0 Å².